The molecule has 8 heteroatoms. The van der Waals surface area contributed by atoms with E-state index in [9.17, 15) is 8.42 Å². The van der Waals surface area contributed by atoms with Gasteiger partial charge in [0.2, 0.25) is 0 Å². The van der Waals surface area contributed by atoms with Gasteiger partial charge >= 0.3 is 10.2 Å². The summed E-state index contributed by atoms with van der Waals surface area (Å²) in [6.07, 6.45) is 2.33. The van der Waals surface area contributed by atoms with Crippen LogP contribution in [0, 0.1) is 6.92 Å². The van der Waals surface area contributed by atoms with E-state index in [4.69, 9.17) is 0 Å². The van der Waals surface area contributed by atoms with E-state index in [1.807, 2.05) is 14.0 Å². The van der Waals surface area contributed by atoms with Crippen LogP contribution in [0.1, 0.15) is 12.0 Å². The number of nitrogens with zero attached hydrogens (tertiary/aromatic N) is 2. The fourth-order valence-corrected chi connectivity index (χ4v) is 2.52. The lowest BCUT2D eigenvalue weighted by Crippen LogP contribution is -2.34. The molecule has 6 nitrogen and oxygen atoms in total. The minimum Gasteiger partial charge on any atom is -0.320 e. The van der Waals surface area contributed by atoms with Crippen LogP contribution in [0.3, 0.4) is 0 Å². The molecule has 0 aliphatic rings. The van der Waals surface area contributed by atoms with E-state index in [0.29, 0.717) is 12.4 Å². The second-order valence-electron chi connectivity index (χ2n) is 4.20. The smallest absolute Gasteiger partial charge is 0.302 e. The first-order valence-corrected chi connectivity index (χ1v) is 8.11. The Kier molecular flexibility index (Phi) is 6.18. The number of halogens is 1. The Balaban J connectivity index is 2.70. The van der Waals surface area contributed by atoms with Gasteiger partial charge in [0, 0.05) is 24.3 Å². The summed E-state index contributed by atoms with van der Waals surface area (Å²) in [6, 6.07) is 1.68. The predicted octanol–water partition coefficient (Wildman–Crippen LogP) is 1.35. The summed E-state index contributed by atoms with van der Waals surface area (Å²) in [6.45, 7) is 3.10. The van der Waals surface area contributed by atoms with Crippen LogP contribution in [-0.2, 0) is 10.2 Å². The Morgan fingerprint density at radius 3 is 2.74 bits per heavy atom. The molecular formula is C11H19BrN4O2S. The highest BCUT2D eigenvalue weighted by molar-refractivity contribution is 9.10. The molecule has 0 amide bonds. The molecule has 0 aliphatic carbocycles. The third-order valence-corrected chi connectivity index (χ3v) is 4.89. The van der Waals surface area contributed by atoms with Crippen LogP contribution in [0.15, 0.2) is 16.7 Å². The number of anilines is 1. The molecule has 0 aromatic carbocycles. The van der Waals surface area contributed by atoms with Crippen molar-refractivity contribution in [2.24, 2.45) is 0 Å². The molecule has 2 N–H and O–H groups in total. The van der Waals surface area contributed by atoms with E-state index in [0.717, 1.165) is 23.0 Å². The number of aryl methyl sites for hydroxylation is 1. The zero-order valence-electron chi connectivity index (χ0n) is 11.3. The lowest BCUT2D eigenvalue weighted by Gasteiger charge is -2.18. The maximum absolute atomic E-state index is 12.0. The van der Waals surface area contributed by atoms with Crippen LogP contribution in [-0.4, -0.2) is 44.9 Å². The van der Waals surface area contributed by atoms with E-state index >= 15 is 0 Å². The largest absolute Gasteiger partial charge is 0.320 e. The number of nitrogens with one attached hydrogen (secondary N) is 2. The highest BCUT2D eigenvalue weighted by Gasteiger charge is 2.17. The minimum absolute atomic E-state index is 0.321. The molecule has 0 saturated carbocycles. The molecule has 0 spiro atoms. The number of hydrogen-bond donors (Lipinski definition) is 2. The monoisotopic (exact) mass is 350 g/mol. The lowest BCUT2D eigenvalue weighted by molar-refractivity contribution is 0.462. The molecule has 1 rings (SSSR count). The molecule has 0 bridgehead atoms. The van der Waals surface area contributed by atoms with Crippen LogP contribution in [0.5, 0.6) is 0 Å². The summed E-state index contributed by atoms with van der Waals surface area (Å²) in [5, 5.41) is 2.98. The lowest BCUT2D eigenvalue weighted by atomic mass is 10.3. The summed E-state index contributed by atoms with van der Waals surface area (Å²) >= 11 is 3.32. The van der Waals surface area contributed by atoms with Gasteiger partial charge in [0.05, 0.1) is 0 Å². The van der Waals surface area contributed by atoms with Gasteiger partial charge in [-0.15, -0.1) is 0 Å². The minimum atomic E-state index is -3.55. The molecular weight excluding hydrogens is 332 g/mol. The summed E-state index contributed by atoms with van der Waals surface area (Å²) in [4.78, 5) is 4.03. The summed E-state index contributed by atoms with van der Waals surface area (Å²) in [5.74, 6) is 0.321. The quantitative estimate of drug-likeness (QED) is 0.728. The van der Waals surface area contributed by atoms with Gasteiger partial charge in [0.15, 0.2) is 0 Å². The van der Waals surface area contributed by atoms with Crippen molar-refractivity contribution in [3.8, 4) is 0 Å². The third-order valence-electron chi connectivity index (χ3n) is 2.59. The van der Waals surface area contributed by atoms with Gasteiger partial charge in [0.1, 0.15) is 5.82 Å². The molecule has 0 saturated heterocycles. The number of pyridine rings is 1. The SMILES string of the molecule is CNCCCN(C)S(=O)(=O)Nc1cc(C)c(Br)cn1. The van der Waals surface area contributed by atoms with Gasteiger partial charge in [-0.2, -0.15) is 12.7 Å². The Morgan fingerprint density at radius 2 is 2.16 bits per heavy atom. The molecule has 1 aromatic heterocycles. The second-order valence-corrected chi connectivity index (χ2v) is 6.84. The zero-order valence-corrected chi connectivity index (χ0v) is 13.7. The Bertz CT molecular complexity index is 521. The highest BCUT2D eigenvalue weighted by Crippen LogP contribution is 2.18. The van der Waals surface area contributed by atoms with Crippen LogP contribution in [0.2, 0.25) is 0 Å². The number of aromatic nitrogens is 1. The molecule has 1 heterocycles. The first-order valence-electron chi connectivity index (χ1n) is 5.87. The molecule has 108 valence electrons. The maximum atomic E-state index is 12.0. The Morgan fingerprint density at radius 1 is 1.47 bits per heavy atom. The average molecular weight is 351 g/mol. The van der Waals surface area contributed by atoms with Crippen LogP contribution in [0.4, 0.5) is 5.82 Å². The zero-order chi connectivity index (χ0) is 14.5. The summed E-state index contributed by atoms with van der Waals surface area (Å²) in [7, 11) is -0.166. The van der Waals surface area contributed by atoms with Crippen LogP contribution in [0.25, 0.3) is 0 Å². The predicted molar refractivity (Wildman–Crippen MR) is 80.4 cm³/mol. The van der Waals surface area contributed by atoms with Crippen LogP contribution < -0.4 is 10.0 Å². The normalized spacial score (nSPS) is 11.8. The van der Waals surface area contributed by atoms with Crippen molar-refractivity contribution in [2.75, 3.05) is 31.9 Å². The topological polar surface area (TPSA) is 74.3 Å². The van der Waals surface area contributed by atoms with E-state index < -0.39 is 10.2 Å². The van der Waals surface area contributed by atoms with Gasteiger partial charge in [0.25, 0.3) is 0 Å². The van der Waals surface area contributed by atoms with Crippen molar-refractivity contribution in [3.63, 3.8) is 0 Å². The Labute approximate surface area is 122 Å². The average Bonchev–Trinajstić information content (AvgIpc) is 2.33. The second kappa shape index (κ2) is 7.18. The molecule has 0 fully saturated rings. The van der Waals surface area contributed by atoms with Crippen molar-refractivity contribution in [2.45, 2.75) is 13.3 Å². The van der Waals surface area contributed by atoms with E-state index in [1.165, 1.54) is 4.31 Å². The molecule has 1 aromatic rings. The van der Waals surface area contributed by atoms with Gasteiger partial charge in [-0.25, -0.2) is 4.98 Å². The van der Waals surface area contributed by atoms with Gasteiger partial charge in [-0.1, -0.05) is 0 Å². The van der Waals surface area contributed by atoms with Gasteiger partial charge in [-0.3, -0.25) is 4.72 Å². The number of hydrogen-bond acceptors (Lipinski definition) is 4. The van der Waals surface area contributed by atoms with Crippen molar-refractivity contribution in [3.05, 3.63) is 22.3 Å². The van der Waals surface area contributed by atoms with Crippen molar-refractivity contribution in [1.29, 1.82) is 0 Å². The highest BCUT2D eigenvalue weighted by atomic mass is 79.9. The van der Waals surface area contributed by atoms with E-state index in [2.05, 4.69) is 31.0 Å². The first-order chi connectivity index (χ1) is 8.86. The molecule has 0 atom stereocenters. The fourth-order valence-electron chi connectivity index (χ4n) is 1.40. The third kappa shape index (κ3) is 5.06. The van der Waals surface area contributed by atoms with E-state index in [-0.39, 0.29) is 0 Å². The molecule has 19 heavy (non-hydrogen) atoms. The van der Waals surface area contributed by atoms with Gasteiger partial charge < -0.3 is 5.32 Å². The van der Waals surface area contributed by atoms with Crippen LogP contribution >= 0.6 is 15.9 Å². The van der Waals surface area contributed by atoms with Crippen molar-refractivity contribution < 1.29 is 8.42 Å². The molecule has 0 radical (unpaired) electrons. The summed E-state index contributed by atoms with van der Waals surface area (Å²) in [5.41, 5.74) is 0.922. The number of rotatable bonds is 7. The fraction of sp³-hybridized carbons (Fsp3) is 0.545. The standard InChI is InChI=1S/C11H19BrN4O2S/c1-9-7-11(14-8-10(9)12)15-19(17,18)16(3)6-4-5-13-2/h7-8,13H,4-6H2,1-3H3,(H,14,15). The van der Waals surface area contributed by atoms with Crippen molar-refractivity contribution >= 4 is 32.0 Å². The van der Waals surface area contributed by atoms with Gasteiger partial charge in [-0.05, 0) is 54.5 Å². The molecule has 0 aliphatic heterocycles. The van der Waals surface area contributed by atoms with E-state index in [1.54, 1.807) is 19.3 Å². The summed E-state index contributed by atoms with van der Waals surface area (Å²) < 4.78 is 28.7. The molecule has 0 unspecified atom stereocenters. The Hall–Kier alpha value is -0.700. The first kappa shape index (κ1) is 16.4. The van der Waals surface area contributed by atoms with Crippen molar-refractivity contribution in [1.82, 2.24) is 14.6 Å². The maximum Gasteiger partial charge on any atom is 0.302 e.